The SMILES string of the molecule is CNC(=O)c1ccc(N)cc1Nc1cc(C)ccc1Br. The Bertz CT molecular complexity index is 656. The van der Waals surface area contributed by atoms with Gasteiger partial charge in [-0.3, -0.25) is 4.79 Å². The fourth-order valence-electron chi connectivity index (χ4n) is 1.88. The number of nitrogen functional groups attached to an aromatic ring is 1. The van der Waals surface area contributed by atoms with Crippen molar-refractivity contribution in [2.45, 2.75) is 6.92 Å². The van der Waals surface area contributed by atoms with Crippen LogP contribution >= 0.6 is 15.9 Å². The van der Waals surface area contributed by atoms with E-state index in [1.165, 1.54) is 0 Å². The molecule has 20 heavy (non-hydrogen) atoms. The van der Waals surface area contributed by atoms with E-state index in [1.807, 2.05) is 25.1 Å². The van der Waals surface area contributed by atoms with E-state index in [2.05, 4.69) is 26.6 Å². The van der Waals surface area contributed by atoms with Crippen LogP contribution in [0.25, 0.3) is 0 Å². The second kappa shape index (κ2) is 5.96. The van der Waals surface area contributed by atoms with Crippen LogP contribution in [0.5, 0.6) is 0 Å². The summed E-state index contributed by atoms with van der Waals surface area (Å²) in [5.74, 6) is -0.156. The topological polar surface area (TPSA) is 67.2 Å². The number of benzene rings is 2. The molecule has 0 saturated carbocycles. The number of hydrogen-bond acceptors (Lipinski definition) is 3. The first-order chi connectivity index (χ1) is 9.51. The zero-order valence-electron chi connectivity index (χ0n) is 11.3. The van der Waals surface area contributed by atoms with Gasteiger partial charge in [0.05, 0.1) is 16.9 Å². The van der Waals surface area contributed by atoms with Crippen molar-refractivity contribution >= 4 is 38.9 Å². The molecule has 0 spiro atoms. The smallest absolute Gasteiger partial charge is 0.253 e. The van der Waals surface area contributed by atoms with Gasteiger partial charge in [-0.15, -0.1) is 0 Å². The molecule has 0 aromatic heterocycles. The number of nitrogens with two attached hydrogens (primary N) is 1. The fraction of sp³-hybridized carbons (Fsp3) is 0.133. The van der Waals surface area contributed by atoms with Gasteiger partial charge < -0.3 is 16.4 Å². The van der Waals surface area contributed by atoms with Crippen LogP contribution in [-0.2, 0) is 0 Å². The molecule has 0 aliphatic heterocycles. The van der Waals surface area contributed by atoms with Gasteiger partial charge in [-0.1, -0.05) is 6.07 Å². The summed E-state index contributed by atoms with van der Waals surface area (Å²) >= 11 is 3.49. The summed E-state index contributed by atoms with van der Waals surface area (Å²) in [5, 5.41) is 5.87. The van der Waals surface area contributed by atoms with Crippen molar-refractivity contribution in [1.29, 1.82) is 0 Å². The van der Waals surface area contributed by atoms with Gasteiger partial charge in [-0.2, -0.15) is 0 Å². The Morgan fingerprint density at radius 1 is 1.15 bits per heavy atom. The molecule has 2 aromatic carbocycles. The molecule has 0 heterocycles. The molecule has 0 radical (unpaired) electrons. The lowest BCUT2D eigenvalue weighted by molar-refractivity contribution is 0.0964. The first-order valence-corrected chi connectivity index (χ1v) is 6.95. The first kappa shape index (κ1) is 14.4. The van der Waals surface area contributed by atoms with Crippen LogP contribution in [0.1, 0.15) is 15.9 Å². The Hall–Kier alpha value is -2.01. The summed E-state index contributed by atoms with van der Waals surface area (Å²) in [5.41, 5.74) is 9.65. The summed E-state index contributed by atoms with van der Waals surface area (Å²) in [6.07, 6.45) is 0. The predicted octanol–water partition coefficient (Wildman–Crippen LogP) is 3.44. The molecule has 2 aromatic rings. The van der Waals surface area contributed by atoms with E-state index in [0.29, 0.717) is 16.9 Å². The minimum absolute atomic E-state index is 0.156. The average molecular weight is 334 g/mol. The van der Waals surface area contributed by atoms with Gasteiger partial charge in [-0.05, 0) is 58.7 Å². The summed E-state index contributed by atoms with van der Waals surface area (Å²) in [7, 11) is 1.60. The summed E-state index contributed by atoms with van der Waals surface area (Å²) in [4.78, 5) is 11.9. The van der Waals surface area contributed by atoms with Crippen LogP contribution in [0.2, 0.25) is 0 Å². The van der Waals surface area contributed by atoms with Crippen molar-refractivity contribution in [3.63, 3.8) is 0 Å². The van der Waals surface area contributed by atoms with E-state index >= 15 is 0 Å². The standard InChI is InChI=1S/C15H16BrN3O/c1-9-3-6-12(16)14(7-9)19-13-8-10(17)4-5-11(13)15(20)18-2/h3-8,19H,17H2,1-2H3,(H,18,20). The van der Waals surface area contributed by atoms with Gasteiger partial charge in [0.1, 0.15) is 0 Å². The van der Waals surface area contributed by atoms with E-state index in [0.717, 1.165) is 15.7 Å². The number of carbonyl (C=O) groups excluding carboxylic acids is 1. The van der Waals surface area contributed by atoms with Crippen molar-refractivity contribution in [1.82, 2.24) is 5.32 Å². The molecule has 5 heteroatoms. The molecular formula is C15H16BrN3O. The lowest BCUT2D eigenvalue weighted by Crippen LogP contribution is -2.19. The third-order valence-electron chi connectivity index (χ3n) is 2.91. The summed E-state index contributed by atoms with van der Waals surface area (Å²) in [6, 6.07) is 11.1. The molecule has 1 amide bonds. The quantitative estimate of drug-likeness (QED) is 0.753. The first-order valence-electron chi connectivity index (χ1n) is 6.16. The largest absolute Gasteiger partial charge is 0.399 e. The normalized spacial score (nSPS) is 10.2. The highest BCUT2D eigenvalue weighted by Gasteiger charge is 2.11. The zero-order chi connectivity index (χ0) is 14.7. The lowest BCUT2D eigenvalue weighted by Gasteiger charge is -2.14. The number of nitrogens with one attached hydrogen (secondary N) is 2. The van der Waals surface area contributed by atoms with Crippen molar-refractivity contribution in [3.05, 3.63) is 52.0 Å². The molecule has 104 valence electrons. The van der Waals surface area contributed by atoms with E-state index in [9.17, 15) is 4.79 Å². The molecule has 0 saturated heterocycles. The molecular weight excluding hydrogens is 318 g/mol. The molecule has 0 unspecified atom stereocenters. The van der Waals surface area contributed by atoms with Crippen LogP contribution in [-0.4, -0.2) is 13.0 Å². The highest BCUT2D eigenvalue weighted by Crippen LogP contribution is 2.29. The van der Waals surface area contributed by atoms with Crippen molar-refractivity contribution in [3.8, 4) is 0 Å². The number of carbonyl (C=O) groups is 1. The second-order valence-corrected chi connectivity index (χ2v) is 5.35. The zero-order valence-corrected chi connectivity index (χ0v) is 12.9. The molecule has 0 aliphatic carbocycles. The van der Waals surface area contributed by atoms with Gasteiger partial charge in [-0.25, -0.2) is 0 Å². The van der Waals surface area contributed by atoms with Gasteiger partial charge >= 0.3 is 0 Å². The number of aryl methyl sites for hydroxylation is 1. The van der Waals surface area contributed by atoms with Gasteiger partial charge in [0.15, 0.2) is 0 Å². The number of hydrogen-bond donors (Lipinski definition) is 3. The molecule has 0 bridgehead atoms. The van der Waals surface area contributed by atoms with Crippen LogP contribution in [0.15, 0.2) is 40.9 Å². The Morgan fingerprint density at radius 3 is 2.60 bits per heavy atom. The Balaban J connectivity index is 2.44. The molecule has 4 nitrogen and oxygen atoms in total. The summed E-state index contributed by atoms with van der Waals surface area (Å²) < 4.78 is 0.924. The third-order valence-corrected chi connectivity index (χ3v) is 3.60. The van der Waals surface area contributed by atoms with Gasteiger partial charge in [0.2, 0.25) is 0 Å². The van der Waals surface area contributed by atoms with Crippen LogP contribution in [0.3, 0.4) is 0 Å². The number of rotatable bonds is 3. The second-order valence-electron chi connectivity index (χ2n) is 4.49. The number of anilines is 3. The maximum absolute atomic E-state index is 11.9. The minimum Gasteiger partial charge on any atom is -0.399 e. The van der Waals surface area contributed by atoms with E-state index in [1.54, 1.807) is 25.2 Å². The highest BCUT2D eigenvalue weighted by atomic mass is 79.9. The van der Waals surface area contributed by atoms with E-state index in [-0.39, 0.29) is 5.91 Å². The number of halogens is 1. The maximum atomic E-state index is 11.9. The average Bonchev–Trinajstić information content (AvgIpc) is 2.42. The minimum atomic E-state index is -0.156. The van der Waals surface area contributed by atoms with E-state index in [4.69, 9.17) is 5.73 Å². The molecule has 0 aliphatic rings. The molecule has 4 N–H and O–H groups in total. The van der Waals surface area contributed by atoms with Crippen LogP contribution in [0.4, 0.5) is 17.1 Å². The molecule has 0 fully saturated rings. The Morgan fingerprint density at radius 2 is 1.90 bits per heavy atom. The monoisotopic (exact) mass is 333 g/mol. The van der Waals surface area contributed by atoms with Gasteiger partial charge in [0.25, 0.3) is 5.91 Å². The molecule has 0 atom stereocenters. The maximum Gasteiger partial charge on any atom is 0.253 e. The Labute approximate surface area is 126 Å². The fourth-order valence-corrected chi connectivity index (χ4v) is 2.22. The van der Waals surface area contributed by atoms with Crippen molar-refractivity contribution in [2.75, 3.05) is 18.1 Å². The van der Waals surface area contributed by atoms with Gasteiger partial charge in [0, 0.05) is 17.2 Å². The highest BCUT2D eigenvalue weighted by molar-refractivity contribution is 9.10. The predicted molar refractivity (Wildman–Crippen MR) is 86.4 cm³/mol. The van der Waals surface area contributed by atoms with Crippen molar-refractivity contribution in [2.24, 2.45) is 0 Å². The van der Waals surface area contributed by atoms with Crippen LogP contribution < -0.4 is 16.4 Å². The van der Waals surface area contributed by atoms with Crippen LogP contribution in [0, 0.1) is 6.92 Å². The van der Waals surface area contributed by atoms with Crippen molar-refractivity contribution < 1.29 is 4.79 Å². The third kappa shape index (κ3) is 3.11. The Kier molecular flexibility index (Phi) is 4.29. The number of amides is 1. The lowest BCUT2D eigenvalue weighted by atomic mass is 10.1. The summed E-state index contributed by atoms with van der Waals surface area (Å²) in [6.45, 7) is 2.01. The van der Waals surface area contributed by atoms with E-state index < -0.39 is 0 Å². The molecule has 2 rings (SSSR count).